The summed E-state index contributed by atoms with van der Waals surface area (Å²) in [6.07, 6.45) is 2.70. The van der Waals surface area contributed by atoms with Crippen molar-refractivity contribution in [3.05, 3.63) is 29.3 Å². The molecule has 2 rings (SSSR count). The second-order valence-corrected chi connectivity index (χ2v) is 6.62. The number of nitrogens with one attached hydrogen (secondary N) is 2. The summed E-state index contributed by atoms with van der Waals surface area (Å²) in [5.74, 6) is 0.275. The number of para-hydroxylation sites is 1. The first-order valence-electron chi connectivity index (χ1n) is 8.25. The molecule has 1 heterocycles. The summed E-state index contributed by atoms with van der Waals surface area (Å²) in [6, 6.07) is 7.79. The number of aliphatic hydroxyl groups excluding tert-OH is 1. The molecule has 1 aromatic rings. The minimum Gasteiger partial charge on any atom is -0.396 e. The van der Waals surface area contributed by atoms with E-state index in [1.54, 1.807) is 0 Å². The molecule has 1 aromatic carbocycles. The highest BCUT2D eigenvalue weighted by Gasteiger charge is 2.22. The summed E-state index contributed by atoms with van der Waals surface area (Å²) in [4.78, 5) is 14.2. The van der Waals surface area contributed by atoms with Crippen molar-refractivity contribution in [1.29, 1.82) is 0 Å². The molecule has 128 valence electrons. The third kappa shape index (κ3) is 5.59. The van der Waals surface area contributed by atoms with Crippen LogP contribution in [0.25, 0.3) is 0 Å². The zero-order valence-corrected chi connectivity index (χ0v) is 14.4. The standard InChI is InChI=1S/C17H26ClN3O2/c1-13(8-10-22)11-19-17(23)20-14-5-4-9-21(12-14)16-7-3-2-6-15(16)18/h2-3,6-7,13-14,22H,4-5,8-12H2,1H3,(H2,19,20,23)/t13-,14+/m0/s1. The number of aliphatic hydroxyl groups is 1. The number of urea groups is 1. The van der Waals surface area contributed by atoms with Crippen LogP contribution in [-0.4, -0.2) is 43.4 Å². The fourth-order valence-electron chi connectivity index (χ4n) is 2.85. The molecule has 1 aliphatic rings. The molecule has 0 spiro atoms. The van der Waals surface area contributed by atoms with E-state index in [-0.39, 0.29) is 24.6 Å². The topological polar surface area (TPSA) is 64.6 Å². The summed E-state index contributed by atoms with van der Waals surface area (Å²) in [5.41, 5.74) is 1.03. The molecule has 0 radical (unpaired) electrons. The fourth-order valence-corrected chi connectivity index (χ4v) is 3.10. The van der Waals surface area contributed by atoms with E-state index < -0.39 is 0 Å². The van der Waals surface area contributed by atoms with Gasteiger partial charge in [0.25, 0.3) is 0 Å². The molecule has 2 atom stereocenters. The third-order valence-electron chi connectivity index (χ3n) is 4.18. The number of hydrogen-bond donors (Lipinski definition) is 3. The minimum atomic E-state index is -0.138. The number of carbonyl (C=O) groups excluding carboxylic acids is 1. The van der Waals surface area contributed by atoms with Crippen LogP contribution in [0, 0.1) is 5.92 Å². The van der Waals surface area contributed by atoms with Gasteiger partial charge in [0.2, 0.25) is 0 Å². The lowest BCUT2D eigenvalue weighted by Gasteiger charge is -2.35. The number of nitrogens with zero attached hydrogens (tertiary/aromatic N) is 1. The van der Waals surface area contributed by atoms with Gasteiger partial charge in [0.05, 0.1) is 10.7 Å². The quantitative estimate of drug-likeness (QED) is 0.746. The number of rotatable bonds is 6. The molecule has 0 saturated carbocycles. The molecule has 3 N–H and O–H groups in total. The van der Waals surface area contributed by atoms with Gasteiger partial charge in [-0.05, 0) is 37.3 Å². The van der Waals surface area contributed by atoms with Crippen molar-refractivity contribution in [3.63, 3.8) is 0 Å². The van der Waals surface area contributed by atoms with E-state index in [1.165, 1.54) is 0 Å². The normalized spacial score (nSPS) is 19.3. The fraction of sp³-hybridized carbons (Fsp3) is 0.588. The van der Waals surface area contributed by atoms with E-state index >= 15 is 0 Å². The van der Waals surface area contributed by atoms with E-state index in [2.05, 4.69) is 15.5 Å². The lowest BCUT2D eigenvalue weighted by molar-refractivity contribution is 0.229. The van der Waals surface area contributed by atoms with Crippen LogP contribution in [0.15, 0.2) is 24.3 Å². The van der Waals surface area contributed by atoms with Gasteiger partial charge in [0, 0.05) is 32.3 Å². The first kappa shape index (κ1) is 17.9. The highest BCUT2D eigenvalue weighted by atomic mass is 35.5. The summed E-state index contributed by atoms with van der Waals surface area (Å²) >= 11 is 6.26. The van der Waals surface area contributed by atoms with E-state index in [9.17, 15) is 4.79 Å². The SMILES string of the molecule is C[C@@H](CCO)CNC(=O)N[C@@H]1CCCN(c2ccccc2Cl)C1. The maximum absolute atomic E-state index is 12.0. The number of benzene rings is 1. The Morgan fingerprint density at radius 2 is 2.26 bits per heavy atom. The van der Waals surface area contributed by atoms with Gasteiger partial charge >= 0.3 is 6.03 Å². The van der Waals surface area contributed by atoms with E-state index in [0.717, 1.165) is 36.6 Å². The second kappa shape index (κ2) is 8.99. The molecule has 1 fully saturated rings. The van der Waals surface area contributed by atoms with Gasteiger partial charge < -0.3 is 20.6 Å². The average molecular weight is 340 g/mol. The second-order valence-electron chi connectivity index (χ2n) is 6.21. The molecular formula is C17H26ClN3O2. The molecule has 2 amide bonds. The molecule has 1 saturated heterocycles. The third-order valence-corrected chi connectivity index (χ3v) is 4.50. The average Bonchev–Trinajstić information content (AvgIpc) is 2.54. The molecule has 6 heteroatoms. The van der Waals surface area contributed by atoms with Crippen molar-refractivity contribution in [1.82, 2.24) is 10.6 Å². The molecule has 0 bridgehead atoms. The van der Waals surface area contributed by atoms with Crippen LogP contribution in [0.1, 0.15) is 26.2 Å². The van der Waals surface area contributed by atoms with Crippen LogP contribution in [0.5, 0.6) is 0 Å². The predicted molar refractivity (Wildman–Crippen MR) is 94.1 cm³/mol. The predicted octanol–water partition coefficient (Wildman–Crippen LogP) is 2.63. The zero-order chi connectivity index (χ0) is 16.7. The minimum absolute atomic E-state index is 0.119. The van der Waals surface area contributed by atoms with Crippen LogP contribution in [0.4, 0.5) is 10.5 Å². The van der Waals surface area contributed by atoms with E-state index in [1.807, 2.05) is 31.2 Å². The van der Waals surface area contributed by atoms with Gasteiger partial charge in [-0.1, -0.05) is 30.7 Å². The Morgan fingerprint density at radius 3 is 3.00 bits per heavy atom. The Hall–Kier alpha value is -1.46. The first-order valence-corrected chi connectivity index (χ1v) is 8.62. The monoisotopic (exact) mass is 339 g/mol. The van der Waals surface area contributed by atoms with E-state index in [4.69, 9.17) is 16.7 Å². The van der Waals surface area contributed by atoms with Crippen molar-refractivity contribution >= 4 is 23.3 Å². The highest BCUT2D eigenvalue weighted by molar-refractivity contribution is 6.33. The Balaban J connectivity index is 1.82. The summed E-state index contributed by atoms with van der Waals surface area (Å²) in [5, 5.41) is 15.5. The Kier molecular flexibility index (Phi) is 6.99. The van der Waals surface area contributed by atoms with Gasteiger partial charge in [-0.3, -0.25) is 0 Å². The highest BCUT2D eigenvalue weighted by Crippen LogP contribution is 2.27. The molecule has 1 aliphatic heterocycles. The molecule has 23 heavy (non-hydrogen) atoms. The maximum atomic E-state index is 12.0. The van der Waals surface area contributed by atoms with Gasteiger partial charge in [-0.25, -0.2) is 4.79 Å². The van der Waals surface area contributed by atoms with E-state index in [0.29, 0.717) is 13.0 Å². The van der Waals surface area contributed by atoms with Gasteiger partial charge in [-0.2, -0.15) is 0 Å². The number of anilines is 1. The van der Waals surface area contributed by atoms with Crippen LogP contribution in [0.3, 0.4) is 0 Å². The summed E-state index contributed by atoms with van der Waals surface area (Å²) in [6.45, 7) is 4.46. The van der Waals surface area contributed by atoms with Crippen molar-refractivity contribution in [3.8, 4) is 0 Å². The number of hydrogen-bond acceptors (Lipinski definition) is 3. The number of amides is 2. The Morgan fingerprint density at radius 1 is 1.48 bits per heavy atom. The molecule has 0 aliphatic carbocycles. The molecule has 0 unspecified atom stereocenters. The number of halogens is 1. The largest absolute Gasteiger partial charge is 0.396 e. The molecule has 5 nitrogen and oxygen atoms in total. The van der Waals surface area contributed by atoms with Gasteiger partial charge in [0.1, 0.15) is 0 Å². The number of piperidine rings is 1. The number of carbonyl (C=O) groups is 1. The Bertz CT molecular complexity index is 512. The van der Waals surface area contributed by atoms with Crippen molar-refractivity contribution in [2.75, 3.05) is 31.1 Å². The molecule has 0 aromatic heterocycles. The maximum Gasteiger partial charge on any atom is 0.315 e. The van der Waals surface area contributed by atoms with Crippen LogP contribution in [0.2, 0.25) is 5.02 Å². The van der Waals surface area contributed by atoms with Crippen molar-refractivity contribution in [2.24, 2.45) is 5.92 Å². The zero-order valence-electron chi connectivity index (χ0n) is 13.6. The lowest BCUT2D eigenvalue weighted by atomic mass is 10.0. The summed E-state index contributed by atoms with van der Waals surface area (Å²) < 4.78 is 0. The van der Waals surface area contributed by atoms with Crippen molar-refractivity contribution < 1.29 is 9.90 Å². The smallest absolute Gasteiger partial charge is 0.315 e. The lowest BCUT2D eigenvalue weighted by Crippen LogP contribution is -2.51. The van der Waals surface area contributed by atoms with Crippen molar-refractivity contribution in [2.45, 2.75) is 32.2 Å². The molecular weight excluding hydrogens is 314 g/mol. The van der Waals surface area contributed by atoms with Crippen LogP contribution in [-0.2, 0) is 0 Å². The summed E-state index contributed by atoms with van der Waals surface area (Å²) in [7, 11) is 0. The van der Waals surface area contributed by atoms with Crippen LogP contribution < -0.4 is 15.5 Å². The van der Waals surface area contributed by atoms with Gasteiger partial charge in [0.15, 0.2) is 0 Å². The Labute approximate surface area is 143 Å². The van der Waals surface area contributed by atoms with Crippen LogP contribution >= 0.6 is 11.6 Å². The van der Waals surface area contributed by atoms with Gasteiger partial charge in [-0.15, -0.1) is 0 Å². The first-order chi connectivity index (χ1) is 11.1.